The summed E-state index contributed by atoms with van der Waals surface area (Å²) in [6.45, 7) is 15.4. The number of rotatable bonds is 3. The molecule has 238 valence electrons. The van der Waals surface area contributed by atoms with Crippen molar-refractivity contribution in [2.45, 2.75) is 54.9 Å². The van der Waals surface area contributed by atoms with Crippen LogP contribution in [-0.4, -0.2) is 3.81 Å². The molecule has 0 aliphatic heterocycles. The van der Waals surface area contributed by atoms with Gasteiger partial charge in [-0.05, 0) is 74.9 Å². The summed E-state index contributed by atoms with van der Waals surface area (Å²) in [5.41, 5.74) is 14.7. The number of halogens is 2. The van der Waals surface area contributed by atoms with Gasteiger partial charge in [-0.15, -0.1) is 46.2 Å². The van der Waals surface area contributed by atoms with Crippen molar-refractivity contribution in [3.8, 4) is 22.3 Å². The molecule has 0 radical (unpaired) electrons. The summed E-state index contributed by atoms with van der Waals surface area (Å²) in [5.74, 6) is 0. The SMILES string of the molecule is C[C](=[Ti+2])c1ccccc1.Cc1cc(C)c(-c2ccc3c(c2)[cH-]c2cc(-c4c(C)cc(C)cc4C)ccc23)c(C)c1.[C-]1=CC=CC1.[Cl-].[Cl-]. The van der Waals surface area contributed by atoms with Crippen LogP contribution in [0.1, 0.15) is 52.3 Å². The smallest absolute Gasteiger partial charge is 0.0200 e. The van der Waals surface area contributed by atoms with Crippen molar-refractivity contribution >= 4 is 25.4 Å². The van der Waals surface area contributed by atoms with E-state index in [1.165, 1.54) is 86.6 Å². The Hall–Kier alpha value is -3.39. The van der Waals surface area contributed by atoms with Crippen LogP contribution >= 0.6 is 0 Å². The van der Waals surface area contributed by atoms with Crippen LogP contribution in [0.15, 0.2) is 115 Å². The number of hydrogen-bond acceptors (Lipinski definition) is 0. The third-order valence-corrected chi connectivity index (χ3v) is 8.88. The fourth-order valence-electron chi connectivity index (χ4n) is 6.63. The summed E-state index contributed by atoms with van der Waals surface area (Å²) in [7, 11) is 0. The van der Waals surface area contributed by atoms with Crippen LogP contribution in [0.25, 0.3) is 43.8 Å². The van der Waals surface area contributed by atoms with Crippen molar-refractivity contribution in [3.05, 3.63) is 160 Å². The molecule has 6 aromatic rings. The van der Waals surface area contributed by atoms with Gasteiger partial charge < -0.3 is 24.8 Å². The average Bonchev–Trinajstić information content (AvgIpc) is 3.69. The van der Waals surface area contributed by atoms with Crippen LogP contribution in [-0.2, 0) is 20.0 Å². The predicted molar refractivity (Wildman–Crippen MR) is 194 cm³/mol. The molecule has 47 heavy (non-hydrogen) atoms. The molecule has 7 rings (SSSR count). The van der Waals surface area contributed by atoms with E-state index in [9.17, 15) is 0 Å². The van der Waals surface area contributed by atoms with Gasteiger partial charge in [0.25, 0.3) is 0 Å². The van der Waals surface area contributed by atoms with E-state index in [0.29, 0.717) is 0 Å². The second-order valence-electron chi connectivity index (χ2n) is 12.3. The molecule has 0 atom stereocenters. The monoisotopic (exact) mass is 688 g/mol. The van der Waals surface area contributed by atoms with Crippen molar-refractivity contribution in [1.82, 2.24) is 0 Å². The van der Waals surface area contributed by atoms with Crippen LogP contribution in [0.4, 0.5) is 0 Å². The maximum atomic E-state index is 2.99. The first-order chi connectivity index (χ1) is 21.6. The molecule has 6 aromatic carbocycles. The molecular formula is C44H42Cl2Ti-2. The summed E-state index contributed by atoms with van der Waals surface area (Å²) >= 11 is 2.12. The fourth-order valence-corrected chi connectivity index (χ4v) is 6.89. The maximum absolute atomic E-state index is 2.99. The van der Waals surface area contributed by atoms with E-state index in [1.807, 2.05) is 18.2 Å². The van der Waals surface area contributed by atoms with Gasteiger partial charge in [-0.25, -0.2) is 12.2 Å². The molecule has 0 fully saturated rings. The van der Waals surface area contributed by atoms with Gasteiger partial charge in [0.1, 0.15) is 0 Å². The van der Waals surface area contributed by atoms with Crippen LogP contribution < -0.4 is 24.8 Å². The first-order valence-electron chi connectivity index (χ1n) is 15.7. The van der Waals surface area contributed by atoms with Gasteiger partial charge in [-0.3, -0.25) is 6.08 Å². The van der Waals surface area contributed by atoms with E-state index in [4.69, 9.17) is 0 Å². The average molecular weight is 690 g/mol. The second-order valence-corrected chi connectivity index (χ2v) is 13.5. The molecule has 1 aliphatic carbocycles. The van der Waals surface area contributed by atoms with Gasteiger partial charge in [0.15, 0.2) is 0 Å². The Bertz CT molecular complexity index is 1890. The third-order valence-electron chi connectivity index (χ3n) is 8.43. The van der Waals surface area contributed by atoms with Crippen molar-refractivity contribution < 1.29 is 44.8 Å². The number of allylic oxidation sites excluding steroid dienone is 4. The molecule has 0 unspecified atom stereocenters. The van der Waals surface area contributed by atoms with Gasteiger partial charge in [0.2, 0.25) is 0 Å². The Morgan fingerprint density at radius 1 is 0.617 bits per heavy atom. The largest absolute Gasteiger partial charge is 1.00 e. The Morgan fingerprint density at radius 3 is 1.38 bits per heavy atom. The molecule has 0 heterocycles. The molecular weight excluding hydrogens is 647 g/mol. The van der Waals surface area contributed by atoms with E-state index < -0.39 is 0 Å². The van der Waals surface area contributed by atoms with E-state index in [-0.39, 0.29) is 24.8 Å². The maximum Gasteiger partial charge on any atom is -0.0200 e. The molecule has 0 aromatic heterocycles. The van der Waals surface area contributed by atoms with Gasteiger partial charge in [-0.2, -0.15) is 6.08 Å². The van der Waals surface area contributed by atoms with E-state index >= 15 is 0 Å². The Morgan fingerprint density at radius 2 is 1.06 bits per heavy atom. The van der Waals surface area contributed by atoms with E-state index in [1.54, 1.807) is 0 Å². The molecule has 1 aliphatic rings. The van der Waals surface area contributed by atoms with Crippen LogP contribution in [0.5, 0.6) is 0 Å². The molecule has 0 bridgehead atoms. The van der Waals surface area contributed by atoms with Crippen molar-refractivity contribution in [3.63, 3.8) is 0 Å². The number of fused-ring (bicyclic) bond motifs is 3. The van der Waals surface area contributed by atoms with Crippen molar-refractivity contribution in [2.75, 3.05) is 0 Å². The zero-order chi connectivity index (χ0) is 32.1. The predicted octanol–water partition coefficient (Wildman–Crippen LogP) is 5.98. The Labute approximate surface area is 305 Å². The van der Waals surface area contributed by atoms with Gasteiger partial charge in [0, 0.05) is 0 Å². The number of hydrogen-bond donors (Lipinski definition) is 0. The zero-order valence-electron chi connectivity index (χ0n) is 28.4. The molecule has 3 heteroatoms. The van der Waals surface area contributed by atoms with Crippen LogP contribution in [0.2, 0.25) is 0 Å². The fraction of sp³-hybridized carbons (Fsp3) is 0.182. The van der Waals surface area contributed by atoms with Gasteiger partial charge in [0.05, 0.1) is 0 Å². The molecule has 0 saturated carbocycles. The first kappa shape index (κ1) is 38.1. The molecule has 0 saturated heterocycles. The molecule has 0 spiro atoms. The molecule has 0 amide bonds. The van der Waals surface area contributed by atoms with Gasteiger partial charge in [-0.1, -0.05) is 70.8 Å². The summed E-state index contributed by atoms with van der Waals surface area (Å²) in [5, 5.41) is 5.32. The molecule has 0 N–H and O–H groups in total. The standard InChI is InChI=1S/C31H29.C8H8.C5H5.2ClH.Ti/c1-18-11-20(3)30(21(4)12-18)24-7-9-28-26(15-24)17-27-16-25(8-10-29(27)28)31-22(5)13-19(2)14-23(31)6;1-2-8-6-4-3-5-7-8;1-2-4-5-3-1;;;/h7-17H,1-6H3;3-7H,1H3;1-3H,4H2;2*1H;/q-1;;-1;;;+2/p-2. The Balaban J connectivity index is 0.000000312. The van der Waals surface area contributed by atoms with Crippen molar-refractivity contribution in [1.29, 1.82) is 0 Å². The summed E-state index contributed by atoms with van der Waals surface area (Å²) in [4.78, 5) is 0. The summed E-state index contributed by atoms with van der Waals surface area (Å²) < 4.78 is 1.37. The topological polar surface area (TPSA) is 0 Å². The number of aryl methyl sites for hydroxylation is 6. The number of benzene rings is 5. The minimum absolute atomic E-state index is 0. The zero-order valence-corrected chi connectivity index (χ0v) is 31.5. The summed E-state index contributed by atoms with van der Waals surface area (Å²) in [6.07, 6.45) is 10.0. The van der Waals surface area contributed by atoms with E-state index in [0.717, 1.165) is 6.42 Å². The summed E-state index contributed by atoms with van der Waals surface area (Å²) in [6, 6.07) is 35.8. The second kappa shape index (κ2) is 17.1. The Kier molecular flexibility index (Phi) is 13.9. The van der Waals surface area contributed by atoms with Crippen molar-refractivity contribution in [2.24, 2.45) is 0 Å². The minimum atomic E-state index is 0. The first-order valence-corrected chi connectivity index (χ1v) is 16.5. The molecule has 0 nitrogen and oxygen atoms in total. The normalized spacial score (nSPS) is 11.3. The van der Waals surface area contributed by atoms with Crippen LogP contribution in [0, 0.1) is 47.6 Å². The van der Waals surface area contributed by atoms with Crippen LogP contribution in [0.3, 0.4) is 0 Å². The quantitative estimate of drug-likeness (QED) is 0.159. The minimum Gasteiger partial charge on any atom is -1.00 e. The van der Waals surface area contributed by atoms with E-state index in [2.05, 4.69) is 172 Å². The van der Waals surface area contributed by atoms with Gasteiger partial charge >= 0.3 is 66.6 Å². The third kappa shape index (κ3) is 9.16.